The number of hydrogen-bond donors (Lipinski definition) is 0. The van der Waals surface area contributed by atoms with Gasteiger partial charge in [0, 0.05) is 60.2 Å². The molecule has 13 aromatic rings. The van der Waals surface area contributed by atoms with Gasteiger partial charge in [-0.2, -0.15) is 0 Å². The second-order valence-electron chi connectivity index (χ2n) is 15.7. The lowest BCUT2D eigenvalue weighted by molar-refractivity contribution is 0.669. The Hall–Kier alpha value is -8.08. The van der Waals surface area contributed by atoms with Crippen LogP contribution in [0.1, 0.15) is 6.92 Å². The normalized spacial score (nSPS) is 11.8. The molecule has 13 rings (SSSR count). The van der Waals surface area contributed by atoms with Crippen molar-refractivity contribution in [3.63, 3.8) is 0 Å². The van der Waals surface area contributed by atoms with Crippen LogP contribution in [0.3, 0.4) is 0 Å². The highest BCUT2D eigenvalue weighted by atomic mass is 16.3. The highest BCUT2D eigenvalue weighted by molar-refractivity contribution is 6.14. The van der Waals surface area contributed by atoms with Crippen molar-refractivity contribution in [2.24, 2.45) is 0 Å². The molecule has 0 bridgehead atoms. The fraction of sp³-hybridized carbons (Fsp3) is 0.0175. The minimum Gasteiger partial charge on any atom is -0.456 e. The molecule has 4 heterocycles. The second kappa shape index (κ2) is 13.8. The van der Waals surface area contributed by atoms with Gasteiger partial charge in [-0.15, -0.1) is 6.58 Å². The van der Waals surface area contributed by atoms with Crippen molar-refractivity contribution in [1.29, 1.82) is 0 Å². The van der Waals surface area contributed by atoms with Crippen molar-refractivity contribution in [1.82, 2.24) is 13.7 Å². The number of fused-ring (bicyclic) bond motifs is 12. The first-order valence-electron chi connectivity index (χ1n) is 20.8. The van der Waals surface area contributed by atoms with Gasteiger partial charge in [-0.05, 0) is 103 Å². The molecule has 61 heavy (non-hydrogen) atoms. The fourth-order valence-corrected chi connectivity index (χ4v) is 9.67. The highest BCUT2D eigenvalue weighted by Gasteiger charge is 2.19. The largest absolute Gasteiger partial charge is 0.456 e. The highest BCUT2D eigenvalue weighted by Crippen LogP contribution is 2.40. The lowest BCUT2D eigenvalue weighted by Gasteiger charge is -2.11. The van der Waals surface area contributed by atoms with Crippen molar-refractivity contribution < 1.29 is 4.42 Å². The van der Waals surface area contributed by atoms with E-state index in [9.17, 15) is 0 Å². The topological polar surface area (TPSA) is 27.9 Å². The third-order valence-electron chi connectivity index (χ3n) is 12.2. The number of furan rings is 1. The molecule has 0 unspecified atom stereocenters. The van der Waals surface area contributed by atoms with Crippen LogP contribution in [0.4, 0.5) is 0 Å². The molecular formula is C57H39N3O. The molecular weight excluding hydrogens is 743 g/mol. The lowest BCUT2D eigenvalue weighted by atomic mass is 10.0. The molecule has 0 N–H and O–H groups in total. The third kappa shape index (κ3) is 5.32. The van der Waals surface area contributed by atoms with Crippen molar-refractivity contribution >= 4 is 87.4 Å². The van der Waals surface area contributed by atoms with Crippen LogP contribution in [0.25, 0.3) is 116 Å². The molecule has 4 aromatic heterocycles. The molecule has 0 saturated heterocycles. The van der Waals surface area contributed by atoms with E-state index in [2.05, 4.69) is 220 Å². The molecule has 0 saturated carbocycles. The summed E-state index contributed by atoms with van der Waals surface area (Å²) in [6.07, 6.45) is 1.75. The third-order valence-corrected chi connectivity index (χ3v) is 12.2. The SMILES string of the molecule is C=CC.c1ccc(-n2c3ccccc3c3ccc(-c4ccc5c6ccccc6n(-c6ccc7oc8ccc(-n9c%10ccccc%10c%10ccccc%109)cc8c7c6)c5c4)cc32)cc1. The van der Waals surface area contributed by atoms with Crippen LogP contribution in [0, 0.1) is 0 Å². The Kier molecular flexibility index (Phi) is 7.87. The zero-order chi connectivity index (χ0) is 40.6. The summed E-state index contributed by atoms with van der Waals surface area (Å²) in [7, 11) is 0. The molecule has 0 aliphatic heterocycles. The summed E-state index contributed by atoms with van der Waals surface area (Å²) >= 11 is 0. The summed E-state index contributed by atoms with van der Waals surface area (Å²) in [6, 6.07) is 72.5. The van der Waals surface area contributed by atoms with E-state index >= 15 is 0 Å². The van der Waals surface area contributed by atoms with Gasteiger partial charge in [0.1, 0.15) is 11.2 Å². The number of benzene rings is 9. The van der Waals surface area contributed by atoms with Gasteiger partial charge in [0.15, 0.2) is 0 Å². The van der Waals surface area contributed by atoms with E-state index in [0.717, 1.165) is 39.0 Å². The molecule has 288 valence electrons. The molecule has 4 nitrogen and oxygen atoms in total. The van der Waals surface area contributed by atoms with E-state index in [1.165, 1.54) is 76.5 Å². The first-order chi connectivity index (χ1) is 30.2. The molecule has 0 spiro atoms. The van der Waals surface area contributed by atoms with Gasteiger partial charge in [0.2, 0.25) is 0 Å². The Labute approximate surface area is 352 Å². The summed E-state index contributed by atoms with van der Waals surface area (Å²) in [5, 5.41) is 9.66. The molecule has 0 atom stereocenters. The molecule has 0 amide bonds. The quantitative estimate of drug-likeness (QED) is 0.163. The first kappa shape index (κ1) is 34.9. The van der Waals surface area contributed by atoms with E-state index < -0.39 is 0 Å². The Balaban J connectivity index is 0.00000129. The van der Waals surface area contributed by atoms with Gasteiger partial charge in [-0.25, -0.2) is 0 Å². The monoisotopic (exact) mass is 781 g/mol. The summed E-state index contributed by atoms with van der Waals surface area (Å²) in [4.78, 5) is 0. The van der Waals surface area contributed by atoms with E-state index in [1.807, 2.05) is 6.92 Å². The number of aromatic nitrogens is 3. The second-order valence-corrected chi connectivity index (χ2v) is 15.7. The Bertz CT molecular complexity index is 3800. The molecule has 0 radical (unpaired) electrons. The lowest BCUT2D eigenvalue weighted by Crippen LogP contribution is -1.94. The van der Waals surface area contributed by atoms with Crippen molar-refractivity contribution in [3.05, 3.63) is 213 Å². The van der Waals surface area contributed by atoms with Gasteiger partial charge in [0.25, 0.3) is 0 Å². The number of hydrogen-bond acceptors (Lipinski definition) is 1. The number of nitrogens with zero attached hydrogens (tertiary/aromatic N) is 3. The summed E-state index contributed by atoms with van der Waals surface area (Å²) in [5.41, 5.74) is 14.6. The van der Waals surface area contributed by atoms with Gasteiger partial charge in [-0.1, -0.05) is 121 Å². The molecule has 0 fully saturated rings. The molecule has 4 heteroatoms. The van der Waals surface area contributed by atoms with Gasteiger partial charge >= 0.3 is 0 Å². The minimum absolute atomic E-state index is 0.877. The van der Waals surface area contributed by atoms with Crippen molar-refractivity contribution in [2.45, 2.75) is 6.92 Å². The van der Waals surface area contributed by atoms with Crippen LogP contribution in [0.2, 0.25) is 0 Å². The molecule has 0 aliphatic carbocycles. The maximum Gasteiger partial charge on any atom is 0.135 e. The van der Waals surface area contributed by atoms with Crippen molar-refractivity contribution in [3.8, 4) is 28.2 Å². The summed E-state index contributed by atoms with van der Waals surface area (Å²) < 4.78 is 13.7. The molecule has 0 aliphatic rings. The fourth-order valence-electron chi connectivity index (χ4n) is 9.67. The standard InChI is InChI=1S/C54H33N3O.C3H6/c1-2-12-36(13-3-1)55-47-18-8-6-16-41(47)43-26-22-34(30-51(43)55)35-23-27-44-42-17-7-11-21-50(42)57(52(44)31-35)38-25-29-54-46(33-38)45-32-37(24-28-53(45)58-54)56-48-19-9-4-14-39(48)40-15-5-10-20-49(40)56;1-3-2/h1-33H;3H,1H2,2H3. The van der Waals surface area contributed by atoms with Crippen LogP contribution in [-0.4, -0.2) is 13.7 Å². The van der Waals surface area contributed by atoms with Crippen LogP contribution in [0.15, 0.2) is 217 Å². The van der Waals surface area contributed by atoms with Gasteiger partial charge < -0.3 is 18.1 Å². The van der Waals surface area contributed by atoms with E-state index in [4.69, 9.17) is 4.42 Å². The average Bonchev–Trinajstić information content (AvgIpc) is 4.05. The number of para-hydroxylation sites is 5. The smallest absolute Gasteiger partial charge is 0.135 e. The van der Waals surface area contributed by atoms with Crippen LogP contribution in [-0.2, 0) is 0 Å². The zero-order valence-electron chi connectivity index (χ0n) is 33.6. The molecule has 9 aromatic carbocycles. The van der Waals surface area contributed by atoms with Crippen LogP contribution >= 0.6 is 0 Å². The average molecular weight is 782 g/mol. The van der Waals surface area contributed by atoms with Gasteiger partial charge in [-0.3, -0.25) is 0 Å². The number of allylic oxidation sites excluding steroid dienone is 1. The van der Waals surface area contributed by atoms with Crippen LogP contribution < -0.4 is 0 Å². The van der Waals surface area contributed by atoms with Gasteiger partial charge in [0.05, 0.1) is 33.1 Å². The predicted molar refractivity (Wildman–Crippen MR) is 258 cm³/mol. The maximum absolute atomic E-state index is 6.50. The Morgan fingerprint density at radius 2 is 0.672 bits per heavy atom. The Morgan fingerprint density at radius 1 is 0.328 bits per heavy atom. The maximum atomic E-state index is 6.50. The van der Waals surface area contributed by atoms with E-state index in [1.54, 1.807) is 6.08 Å². The van der Waals surface area contributed by atoms with E-state index in [0.29, 0.717) is 0 Å². The minimum atomic E-state index is 0.877. The first-order valence-corrected chi connectivity index (χ1v) is 20.8. The predicted octanol–water partition coefficient (Wildman–Crippen LogP) is 15.7. The number of rotatable bonds is 4. The summed E-state index contributed by atoms with van der Waals surface area (Å²) in [6.45, 7) is 5.25. The van der Waals surface area contributed by atoms with Crippen LogP contribution in [0.5, 0.6) is 0 Å². The zero-order valence-corrected chi connectivity index (χ0v) is 33.6. The Morgan fingerprint density at radius 3 is 1.10 bits per heavy atom. The summed E-state index contributed by atoms with van der Waals surface area (Å²) in [5.74, 6) is 0. The van der Waals surface area contributed by atoms with E-state index in [-0.39, 0.29) is 0 Å². The van der Waals surface area contributed by atoms with Crippen molar-refractivity contribution in [2.75, 3.05) is 0 Å².